The number of hydrazine groups is 1. The van der Waals surface area contributed by atoms with Crippen molar-refractivity contribution in [2.75, 3.05) is 64.6 Å². The van der Waals surface area contributed by atoms with Gasteiger partial charge in [0.1, 0.15) is 17.7 Å². The van der Waals surface area contributed by atoms with Crippen molar-refractivity contribution in [2.24, 2.45) is 5.41 Å². The maximum Gasteiger partial charge on any atom is 0.408 e. The Morgan fingerprint density at radius 1 is 1.01 bits per heavy atom. The zero-order valence-corrected chi connectivity index (χ0v) is 41.9. The first kappa shape index (κ1) is 52.1. The lowest BCUT2D eigenvalue weighted by molar-refractivity contribution is -0.148. The van der Waals surface area contributed by atoms with Crippen molar-refractivity contribution < 1.29 is 52.0 Å². The fourth-order valence-corrected chi connectivity index (χ4v) is 9.81. The fraction of sp³-hybridized carbons (Fsp3) is 0.558. The second kappa shape index (κ2) is 21.7. The zero-order chi connectivity index (χ0) is 50.7. The number of anilines is 1. The Bertz CT molecular complexity index is 2560. The molecular formula is C52H69F2N7O9. The van der Waals surface area contributed by atoms with Gasteiger partial charge in [-0.15, -0.1) is 0 Å². The maximum atomic E-state index is 14.9. The number of aryl methyl sites for hydroxylation is 1. The number of alkyl halides is 2. The van der Waals surface area contributed by atoms with Crippen molar-refractivity contribution in [3.63, 3.8) is 0 Å². The molecule has 0 aliphatic carbocycles. The molecule has 3 aliphatic heterocycles. The van der Waals surface area contributed by atoms with Gasteiger partial charge in [0.25, 0.3) is 12.3 Å². The van der Waals surface area contributed by atoms with Gasteiger partial charge in [-0.1, -0.05) is 32.0 Å². The number of alkyl carbamates (subject to hydrolysis) is 1. The van der Waals surface area contributed by atoms with Crippen LogP contribution >= 0.6 is 0 Å². The van der Waals surface area contributed by atoms with Gasteiger partial charge in [-0.25, -0.2) is 19.0 Å². The number of aliphatic carboxylic acids is 1. The van der Waals surface area contributed by atoms with E-state index in [0.717, 1.165) is 71.9 Å². The van der Waals surface area contributed by atoms with Crippen molar-refractivity contribution in [2.45, 2.75) is 124 Å². The molecular weight excluding hydrogens is 905 g/mol. The van der Waals surface area contributed by atoms with E-state index in [2.05, 4.69) is 38.1 Å². The van der Waals surface area contributed by atoms with Gasteiger partial charge in [-0.3, -0.25) is 29.3 Å². The largest absolute Gasteiger partial charge is 0.480 e. The number of halogens is 2. The number of carbonyl (C=O) groups excluding carboxylic acids is 3. The van der Waals surface area contributed by atoms with Crippen molar-refractivity contribution >= 4 is 40.5 Å². The molecule has 0 saturated carbocycles. The topological polar surface area (TPSA) is 177 Å². The van der Waals surface area contributed by atoms with Crippen LogP contribution in [0.4, 0.5) is 19.3 Å². The van der Waals surface area contributed by atoms with Gasteiger partial charge in [-0.2, -0.15) is 0 Å². The van der Waals surface area contributed by atoms with Crippen LogP contribution in [-0.4, -0.2) is 132 Å². The molecule has 16 nitrogen and oxygen atoms in total. The van der Waals surface area contributed by atoms with Crippen molar-refractivity contribution in [1.29, 1.82) is 0 Å². The van der Waals surface area contributed by atoms with Gasteiger partial charge in [0.2, 0.25) is 0 Å². The van der Waals surface area contributed by atoms with Gasteiger partial charge in [0.15, 0.2) is 0 Å². The zero-order valence-electron chi connectivity index (χ0n) is 41.9. The second-order valence-corrected chi connectivity index (χ2v) is 20.5. The number of carboxylic acid groups (broad SMARTS) is 1. The van der Waals surface area contributed by atoms with Crippen LogP contribution < -0.4 is 15.6 Å². The molecule has 4 aromatic rings. The molecule has 2 aromatic carbocycles. The van der Waals surface area contributed by atoms with E-state index in [1.54, 1.807) is 33.9 Å². The number of nitrogens with one attached hydrogen (secondary N) is 2. The van der Waals surface area contributed by atoms with E-state index in [-0.39, 0.29) is 43.3 Å². The first-order chi connectivity index (χ1) is 33.1. The summed E-state index contributed by atoms with van der Waals surface area (Å²) in [4.78, 5) is 61.4. The highest BCUT2D eigenvalue weighted by Gasteiger charge is 2.35. The van der Waals surface area contributed by atoms with Gasteiger partial charge in [-0.05, 0) is 100 Å². The standard InChI is InChI=1S/C52H69F2N7O9/c1-10-60-44-14-13-34(35-20-33(21-36(23-35)47(53)54)22-43(56-50(66)70-51(4,5)6)48(63)61-15-11-12-42(57-61)49(64)65)24-39(44)41(26-52(7,8)30-69-32(3)62)46(60)40-25-37(27-55-45(40)31(2)67-9)59-17-16-58-18-19-68-29-38(58)28-59/h13-14,20-21,23-25,27,31,38,42-43,47,57H,10-12,15-19,22,26,28-30H2,1-9H3,(H,56,66)(H,64,65)/t31?,38-,42-,43?/m0/s1. The molecule has 70 heavy (non-hydrogen) atoms. The predicted octanol–water partition coefficient (Wildman–Crippen LogP) is 7.70. The minimum absolute atomic E-state index is 0.147. The summed E-state index contributed by atoms with van der Waals surface area (Å²) < 4.78 is 55.1. The Balaban J connectivity index is 1.36. The highest BCUT2D eigenvalue weighted by molar-refractivity contribution is 5.96. The summed E-state index contributed by atoms with van der Waals surface area (Å²) in [5, 5.41) is 14.4. The summed E-state index contributed by atoms with van der Waals surface area (Å²) in [6, 6.07) is 10.5. The molecule has 380 valence electrons. The molecule has 5 heterocycles. The monoisotopic (exact) mass is 974 g/mol. The molecule has 2 aromatic heterocycles. The fourth-order valence-electron chi connectivity index (χ4n) is 9.81. The molecule has 2 amide bonds. The van der Waals surface area contributed by atoms with Crippen LogP contribution in [0.15, 0.2) is 48.7 Å². The van der Waals surface area contributed by atoms with Crippen LogP contribution in [0.1, 0.15) is 103 Å². The Morgan fingerprint density at radius 3 is 2.47 bits per heavy atom. The lowest BCUT2D eigenvalue weighted by Gasteiger charge is -2.44. The number of pyridine rings is 1. The minimum atomic E-state index is -2.88. The van der Waals surface area contributed by atoms with Crippen LogP contribution in [0.25, 0.3) is 33.3 Å². The average molecular weight is 974 g/mol. The number of esters is 1. The number of morpholine rings is 1. The molecule has 2 unspecified atom stereocenters. The van der Waals surface area contributed by atoms with E-state index in [0.29, 0.717) is 49.1 Å². The highest BCUT2D eigenvalue weighted by Crippen LogP contribution is 2.43. The number of piperazine rings is 1. The van der Waals surface area contributed by atoms with Crippen LogP contribution in [-0.2, 0) is 52.7 Å². The molecule has 0 spiro atoms. The lowest BCUT2D eigenvalue weighted by atomic mass is 9.84. The molecule has 18 heteroatoms. The number of methoxy groups -OCH3 is 1. The number of aromatic nitrogens is 2. The second-order valence-electron chi connectivity index (χ2n) is 20.5. The number of carboxylic acids is 1. The van der Waals surface area contributed by atoms with E-state index in [1.807, 2.05) is 45.2 Å². The number of carbonyl (C=O) groups is 4. The number of rotatable bonds is 16. The van der Waals surface area contributed by atoms with Crippen LogP contribution in [0.3, 0.4) is 0 Å². The molecule has 3 N–H and O–H groups in total. The number of hydrogen-bond donors (Lipinski definition) is 3. The van der Waals surface area contributed by atoms with Gasteiger partial charge >= 0.3 is 18.0 Å². The van der Waals surface area contributed by atoms with E-state index in [9.17, 15) is 33.1 Å². The van der Waals surface area contributed by atoms with E-state index in [4.69, 9.17) is 23.9 Å². The van der Waals surface area contributed by atoms with Crippen molar-refractivity contribution in [3.05, 3.63) is 71.0 Å². The normalized spacial score (nSPS) is 18.9. The minimum Gasteiger partial charge on any atom is -0.480 e. The first-order valence-electron chi connectivity index (χ1n) is 24.3. The summed E-state index contributed by atoms with van der Waals surface area (Å²) >= 11 is 0. The Morgan fingerprint density at radius 2 is 1.79 bits per heavy atom. The molecule has 0 radical (unpaired) electrons. The first-order valence-corrected chi connectivity index (χ1v) is 24.3. The quantitative estimate of drug-likeness (QED) is 0.0932. The lowest BCUT2D eigenvalue weighted by Crippen LogP contribution is -2.60. The van der Waals surface area contributed by atoms with Crippen molar-refractivity contribution in [3.8, 4) is 22.4 Å². The Labute approximate surface area is 408 Å². The average Bonchev–Trinajstić information content (AvgIpc) is 3.62. The molecule has 3 fully saturated rings. The summed E-state index contributed by atoms with van der Waals surface area (Å²) in [5.74, 6) is -2.15. The number of amides is 2. The van der Waals surface area contributed by atoms with Gasteiger partial charge < -0.3 is 38.8 Å². The summed E-state index contributed by atoms with van der Waals surface area (Å²) in [6.45, 7) is 20.3. The van der Waals surface area contributed by atoms with E-state index < -0.39 is 47.5 Å². The van der Waals surface area contributed by atoms with Crippen LogP contribution in [0, 0.1) is 5.41 Å². The third-order valence-electron chi connectivity index (χ3n) is 13.3. The molecule has 7 rings (SSSR count). The molecule has 4 atom stereocenters. The predicted molar refractivity (Wildman–Crippen MR) is 262 cm³/mol. The van der Waals surface area contributed by atoms with Crippen LogP contribution in [0.2, 0.25) is 0 Å². The Hall–Kier alpha value is -5.69. The summed E-state index contributed by atoms with van der Waals surface area (Å²) in [7, 11) is 1.66. The number of ether oxygens (including phenoxy) is 4. The Kier molecular flexibility index (Phi) is 16.2. The van der Waals surface area contributed by atoms with Gasteiger partial charge in [0.05, 0.1) is 55.2 Å². The highest BCUT2D eigenvalue weighted by atomic mass is 19.3. The molecule has 3 aliphatic rings. The SMILES string of the molecule is CCn1c(-c2cc(N3CCN4CCOC[C@@H]4C3)cnc2C(C)OC)c(CC(C)(C)COC(C)=O)c2cc(-c3cc(CC(NC(=O)OC(C)(C)C)C(=O)N4CCC[C@@H](C(=O)O)N4)cc(C(F)F)c3)ccc21. The molecule has 0 bridgehead atoms. The van der Waals surface area contributed by atoms with E-state index in [1.165, 1.54) is 24.1 Å². The maximum absolute atomic E-state index is 14.9. The summed E-state index contributed by atoms with van der Waals surface area (Å²) in [6.07, 6.45) is -1.28. The molecule has 3 saturated heterocycles. The smallest absolute Gasteiger partial charge is 0.408 e. The summed E-state index contributed by atoms with van der Waals surface area (Å²) in [5.41, 5.74) is 7.81. The number of nitrogens with zero attached hydrogens (tertiary/aromatic N) is 5. The third kappa shape index (κ3) is 12.2. The van der Waals surface area contributed by atoms with Crippen LogP contribution in [0.5, 0.6) is 0 Å². The third-order valence-corrected chi connectivity index (χ3v) is 13.3. The van der Waals surface area contributed by atoms with Gasteiger partial charge in [0, 0.05) is 87.2 Å². The number of fused-ring (bicyclic) bond motifs is 2. The van der Waals surface area contributed by atoms with Crippen molar-refractivity contribution in [1.82, 2.24) is 30.2 Å². The van der Waals surface area contributed by atoms with E-state index >= 15 is 0 Å². The number of benzene rings is 2. The number of hydrogen-bond acceptors (Lipinski definition) is 12.